The standard InChI is InChI=1S/C15H13F3N2O3/c16-15(17,18)10-20-13(21)9-22-11-4-6-12(7-5-11)23-14-3-1-2-8-19-14/h1-8H,9-10H2,(H,20,21). The molecular weight excluding hydrogens is 313 g/mol. The number of halogens is 3. The van der Waals surface area contributed by atoms with E-state index in [-0.39, 0.29) is 0 Å². The van der Waals surface area contributed by atoms with Gasteiger partial charge in [0.1, 0.15) is 18.0 Å². The maximum absolute atomic E-state index is 11.9. The van der Waals surface area contributed by atoms with Gasteiger partial charge in [0.15, 0.2) is 6.61 Å². The fourth-order valence-electron chi connectivity index (χ4n) is 1.53. The van der Waals surface area contributed by atoms with Gasteiger partial charge in [-0.2, -0.15) is 13.2 Å². The molecule has 1 aromatic carbocycles. The number of nitrogens with one attached hydrogen (secondary N) is 1. The molecule has 0 saturated heterocycles. The van der Waals surface area contributed by atoms with E-state index in [0.717, 1.165) is 0 Å². The Morgan fingerprint density at radius 3 is 2.39 bits per heavy atom. The van der Waals surface area contributed by atoms with E-state index in [1.165, 1.54) is 12.1 Å². The van der Waals surface area contributed by atoms with Crippen LogP contribution in [-0.4, -0.2) is 30.2 Å². The van der Waals surface area contributed by atoms with E-state index in [4.69, 9.17) is 9.47 Å². The topological polar surface area (TPSA) is 60.5 Å². The van der Waals surface area contributed by atoms with Crippen molar-refractivity contribution in [3.8, 4) is 17.4 Å². The zero-order chi connectivity index (χ0) is 16.7. The van der Waals surface area contributed by atoms with E-state index < -0.39 is 25.2 Å². The van der Waals surface area contributed by atoms with Crippen LogP contribution in [0.2, 0.25) is 0 Å². The van der Waals surface area contributed by atoms with Gasteiger partial charge in [0, 0.05) is 12.3 Å². The van der Waals surface area contributed by atoms with E-state index >= 15 is 0 Å². The Balaban J connectivity index is 1.80. The van der Waals surface area contributed by atoms with Crippen LogP contribution in [-0.2, 0) is 4.79 Å². The number of hydrogen-bond donors (Lipinski definition) is 1. The molecule has 1 aromatic heterocycles. The average Bonchev–Trinajstić information content (AvgIpc) is 2.52. The summed E-state index contributed by atoms with van der Waals surface area (Å²) in [7, 11) is 0. The van der Waals surface area contributed by atoms with E-state index in [0.29, 0.717) is 17.4 Å². The third kappa shape index (κ3) is 6.25. The molecule has 2 rings (SSSR count). The van der Waals surface area contributed by atoms with Crippen LogP contribution < -0.4 is 14.8 Å². The van der Waals surface area contributed by atoms with E-state index in [9.17, 15) is 18.0 Å². The van der Waals surface area contributed by atoms with Gasteiger partial charge in [-0.15, -0.1) is 0 Å². The molecule has 1 heterocycles. The fourth-order valence-corrected chi connectivity index (χ4v) is 1.53. The zero-order valence-corrected chi connectivity index (χ0v) is 11.8. The minimum absolute atomic E-state index is 0.334. The summed E-state index contributed by atoms with van der Waals surface area (Å²) in [5.41, 5.74) is 0. The minimum Gasteiger partial charge on any atom is -0.484 e. The quantitative estimate of drug-likeness (QED) is 0.887. The molecule has 0 unspecified atom stereocenters. The predicted octanol–water partition coefficient (Wildman–Crippen LogP) is 2.93. The maximum atomic E-state index is 11.9. The molecule has 5 nitrogen and oxygen atoms in total. The lowest BCUT2D eigenvalue weighted by atomic mass is 10.3. The molecule has 2 aromatic rings. The first-order valence-corrected chi connectivity index (χ1v) is 6.57. The first kappa shape index (κ1) is 16.6. The maximum Gasteiger partial charge on any atom is 0.405 e. The van der Waals surface area contributed by atoms with Crippen molar-refractivity contribution in [1.82, 2.24) is 10.3 Å². The second-order valence-electron chi connectivity index (χ2n) is 4.42. The number of nitrogens with zero attached hydrogens (tertiary/aromatic N) is 1. The van der Waals surface area contributed by atoms with Crippen molar-refractivity contribution in [3.63, 3.8) is 0 Å². The molecule has 23 heavy (non-hydrogen) atoms. The number of alkyl halides is 3. The second kappa shape index (κ2) is 7.48. The van der Waals surface area contributed by atoms with Crippen molar-refractivity contribution < 1.29 is 27.4 Å². The first-order chi connectivity index (χ1) is 10.9. The Labute approximate surface area is 130 Å². The normalized spacial score (nSPS) is 10.9. The first-order valence-electron chi connectivity index (χ1n) is 6.57. The van der Waals surface area contributed by atoms with E-state index in [1.807, 2.05) is 0 Å². The number of hydrogen-bond acceptors (Lipinski definition) is 4. The van der Waals surface area contributed by atoms with Crippen LogP contribution in [0.25, 0.3) is 0 Å². The molecule has 0 radical (unpaired) electrons. The molecule has 0 saturated carbocycles. The zero-order valence-electron chi connectivity index (χ0n) is 11.8. The van der Waals surface area contributed by atoms with Gasteiger partial charge in [-0.25, -0.2) is 4.98 Å². The second-order valence-corrected chi connectivity index (χ2v) is 4.42. The Bertz CT molecular complexity index is 631. The summed E-state index contributed by atoms with van der Waals surface area (Å²) >= 11 is 0. The summed E-state index contributed by atoms with van der Waals surface area (Å²) in [4.78, 5) is 15.2. The molecule has 1 amide bonds. The largest absolute Gasteiger partial charge is 0.484 e. The smallest absolute Gasteiger partial charge is 0.405 e. The lowest BCUT2D eigenvalue weighted by molar-refractivity contribution is -0.139. The third-order valence-corrected chi connectivity index (χ3v) is 2.54. The Hall–Kier alpha value is -2.77. The van der Waals surface area contributed by atoms with Gasteiger partial charge in [0.2, 0.25) is 5.88 Å². The summed E-state index contributed by atoms with van der Waals surface area (Å²) in [6.07, 6.45) is -2.85. The third-order valence-electron chi connectivity index (χ3n) is 2.54. The fraction of sp³-hybridized carbons (Fsp3) is 0.200. The van der Waals surface area contributed by atoms with Crippen LogP contribution in [0.3, 0.4) is 0 Å². The Kier molecular flexibility index (Phi) is 5.40. The van der Waals surface area contributed by atoms with Gasteiger partial charge in [0.25, 0.3) is 5.91 Å². The summed E-state index contributed by atoms with van der Waals surface area (Å²) in [5.74, 6) is 0.418. The predicted molar refractivity (Wildman–Crippen MR) is 75.3 cm³/mol. The number of aromatic nitrogens is 1. The van der Waals surface area contributed by atoms with Gasteiger partial charge < -0.3 is 14.8 Å². The number of pyridine rings is 1. The van der Waals surface area contributed by atoms with Crippen molar-refractivity contribution in [2.45, 2.75) is 6.18 Å². The van der Waals surface area contributed by atoms with Crippen LogP contribution in [0, 0.1) is 0 Å². The van der Waals surface area contributed by atoms with Crippen molar-refractivity contribution in [2.75, 3.05) is 13.2 Å². The lowest BCUT2D eigenvalue weighted by Crippen LogP contribution is -2.36. The molecule has 0 spiro atoms. The van der Waals surface area contributed by atoms with E-state index in [1.54, 1.807) is 41.8 Å². The van der Waals surface area contributed by atoms with E-state index in [2.05, 4.69) is 4.98 Å². The Morgan fingerprint density at radius 2 is 1.78 bits per heavy atom. The van der Waals surface area contributed by atoms with Crippen LogP contribution in [0.4, 0.5) is 13.2 Å². The summed E-state index contributed by atoms with van der Waals surface area (Å²) in [6.45, 7) is -1.89. The van der Waals surface area contributed by atoms with Crippen molar-refractivity contribution in [2.24, 2.45) is 0 Å². The summed E-state index contributed by atoms with van der Waals surface area (Å²) < 4.78 is 46.3. The molecule has 0 bridgehead atoms. The molecule has 0 atom stereocenters. The minimum atomic E-state index is -4.44. The van der Waals surface area contributed by atoms with Crippen LogP contribution >= 0.6 is 0 Å². The lowest BCUT2D eigenvalue weighted by Gasteiger charge is -2.10. The summed E-state index contributed by atoms with van der Waals surface area (Å²) in [6, 6.07) is 11.5. The highest BCUT2D eigenvalue weighted by Gasteiger charge is 2.27. The van der Waals surface area contributed by atoms with Gasteiger partial charge in [-0.1, -0.05) is 6.07 Å². The highest BCUT2D eigenvalue weighted by Crippen LogP contribution is 2.22. The SMILES string of the molecule is O=C(COc1ccc(Oc2ccccn2)cc1)NCC(F)(F)F. The molecule has 0 aliphatic heterocycles. The molecular formula is C15H13F3N2O3. The number of rotatable bonds is 6. The van der Waals surface area contributed by atoms with Crippen molar-refractivity contribution in [3.05, 3.63) is 48.7 Å². The average molecular weight is 326 g/mol. The van der Waals surface area contributed by atoms with Gasteiger partial charge in [-0.05, 0) is 30.3 Å². The molecule has 8 heteroatoms. The van der Waals surface area contributed by atoms with Crippen molar-refractivity contribution >= 4 is 5.91 Å². The van der Waals surface area contributed by atoms with Crippen LogP contribution in [0.1, 0.15) is 0 Å². The number of benzene rings is 1. The summed E-state index contributed by atoms with van der Waals surface area (Å²) in [5, 5.41) is 1.72. The van der Waals surface area contributed by atoms with Gasteiger partial charge in [-0.3, -0.25) is 4.79 Å². The van der Waals surface area contributed by atoms with Crippen LogP contribution in [0.5, 0.6) is 17.4 Å². The number of carbonyl (C=O) groups excluding carboxylic acids is 1. The monoisotopic (exact) mass is 326 g/mol. The molecule has 122 valence electrons. The molecule has 1 N–H and O–H groups in total. The molecule has 0 fully saturated rings. The number of ether oxygens (including phenoxy) is 2. The highest BCUT2D eigenvalue weighted by molar-refractivity contribution is 5.77. The van der Waals surface area contributed by atoms with Crippen molar-refractivity contribution in [1.29, 1.82) is 0 Å². The van der Waals surface area contributed by atoms with Gasteiger partial charge >= 0.3 is 6.18 Å². The molecule has 0 aliphatic carbocycles. The number of amides is 1. The Morgan fingerprint density at radius 1 is 1.09 bits per heavy atom. The molecule has 0 aliphatic rings. The van der Waals surface area contributed by atoms with Gasteiger partial charge in [0.05, 0.1) is 0 Å². The number of carbonyl (C=O) groups is 1. The highest BCUT2D eigenvalue weighted by atomic mass is 19.4. The van der Waals surface area contributed by atoms with Crippen LogP contribution in [0.15, 0.2) is 48.7 Å².